The Hall–Kier alpha value is -1.60. The van der Waals surface area contributed by atoms with Crippen molar-refractivity contribution < 1.29 is 0 Å². The average Bonchev–Trinajstić information content (AvgIpc) is 2.44. The molecule has 1 aliphatic rings. The van der Waals surface area contributed by atoms with Crippen LogP contribution in [0.2, 0.25) is 0 Å². The summed E-state index contributed by atoms with van der Waals surface area (Å²) in [4.78, 5) is 0. The lowest BCUT2D eigenvalue weighted by molar-refractivity contribution is 0.529. The van der Waals surface area contributed by atoms with E-state index in [-0.39, 0.29) is 0 Å². The highest BCUT2D eigenvalue weighted by molar-refractivity contribution is 5.40. The summed E-state index contributed by atoms with van der Waals surface area (Å²) in [5, 5.41) is 3.60. The first-order valence-corrected chi connectivity index (χ1v) is 7.26. The lowest BCUT2D eigenvalue weighted by Gasteiger charge is -2.30. The molecule has 98 valence electrons. The first-order valence-electron chi connectivity index (χ1n) is 7.26. The topological polar surface area (TPSA) is 12.0 Å². The average molecular weight is 251 g/mol. The molecule has 2 aromatic rings. The first-order chi connectivity index (χ1) is 9.43. The second kappa shape index (κ2) is 6.03. The van der Waals surface area contributed by atoms with Crippen LogP contribution in [0.4, 0.5) is 0 Å². The number of rotatable bonds is 6. The second-order valence-corrected chi connectivity index (χ2v) is 5.39. The van der Waals surface area contributed by atoms with E-state index >= 15 is 0 Å². The Morgan fingerprint density at radius 2 is 1.74 bits per heavy atom. The van der Waals surface area contributed by atoms with Crippen molar-refractivity contribution in [1.82, 2.24) is 5.32 Å². The predicted molar refractivity (Wildman–Crippen MR) is 80.5 cm³/mol. The molecule has 2 aromatic carbocycles. The van der Waals surface area contributed by atoms with E-state index in [4.69, 9.17) is 0 Å². The van der Waals surface area contributed by atoms with E-state index in [0.29, 0.717) is 0 Å². The third-order valence-electron chi connectivity index (χ3n) is 4.01. The highest BCUT2D eigenvalue weighted by Gasteiger charge is 2.24. The van der Waals surface area contributed by atoms with Gasteiger partial charge in [0.05, 0.1) is 0 Å². The van der Waals surface area contributed by atoms with Gasteiger partial charge < -0.3 is 5.32 Å². The van der Waals surface area contributed by atoms with Crippen molar-refractivity contribution in [2.24, 2.45) is 0 Å². The Labute approximate surface area is 115 Å². The molecule has 0 heterocycles. The Bertz CT molecular complexity index is 518. The number of hydrogen-bond donors (Lipinski definition) is 1. The van der Waals surface area contributed by atoms with Crippen molar-refractivity contribution in [1.29, 1.82) is 0 Å². The summed E-state index contributed by atoms with van der Waals surface area (Å²) in [6.45, 7) is 2.25. The molecule has 0 saturated carbocycles. The van der Waals surface area contributed by atoms with Gasteiger partial charge in [-0.15, -0.1) is 0 Å². The van der Waals surface area contributed by atoms with Gasteiger partial charge in [-0.3, -0.25) is 0 Å². The van der Waals surface area contributed by atoms with E-state index in [1.807, 2.05) is 0 Å². The van der Waals surface area contributed by atoms with E-state index in [2.05, 4.69) is 59.9 Å². The maximum atomic E-state index is 3.60. The Morgan fingerprint density at radius 3 is 2.58 bits per heavy atom. The third-order valence-corrected chi connectivity index (χ3v) is 4.01. The fraction of sp³-hybridized carbons (Fsp3) is 0.333. The van der Waals surface area contributed by atoms with Gasteiger partial charge in [0.15, 0.2) is 0 Å². The highest BCUT2D eigenvalue weighted by atomic mass is 14.9. The minimum atomic E-state index is 0.743. The maximum absolute atomic E-state index is 3.60. The van der Waals surface area contributed by atoms with Crippen LogP contribution < -0.4 is 5.32 Å². The van der Waals surface area contributed by atoms with Crippen LogP contribution in [-0.4, -0.2) is 13.1 Å². The number of fused-ring (bicyclic) bond motifs is 1. The van der Waals surface area contributed by atoms with Crippen molar-refractivity contribution in [3.63, 3.8) is 0 Å². The predicted octanol–water partition coefficient (Wildman–Crippen LogP) is 3.55. The molecular formula is C18H21N. The molecule has 0 amide bonds. The minimum Gasteiger partial charge on any atom is -0.316 e. The Morgan fingerprint density at radius 1 is 0.947 bits per heavy atom. The summed E-state index contributed by atoms with van der Waals surface area (Å²) in [7, 11) is 0. The molecule has 0 aromatic heterocycles. The summed E-state index contributed by atoms with van der Waals surface area (Å²) in [6.07, 6.45) is 3.65. The van der Waals surface area contributed by atoms with Crippen LogP contribution in [0.25, 0.3) is 0 Å². The molecule has 0 fully saturated rings. The molecule has 1 atom stereocenters. The van der Waals surface area contributed by atoms with Crippen molar-refractivity contribution >= 4 is 0 Å². The fourth-order valence-electron chi connectivity index (χ4n) is 2.88. The molecule has 1 aliphatic carbocycles. The second-order valence-electron chi connectivity index (χ2n) is 5.39. The lowest BCUT2D eigenvalue weighted by Crippen LogP contribution is -2.29. The van der Waals surface area contributed by atoms with Crippen molar-refractivity contribution in [3.8, 4) is 0 Å². The summed E-state index contributed by atoms with van der Waals surface area (Å²) in [5.41, 5.74) is 4.54. The molecule has 1 N–H and O–H groups in total. The van der Waals surface area contributed by atoms with E-state index in [1.165, 1.54) is 24.8 Å². The van der Waals surface area contributed by atoms with Crippen LogP contribution in [-0.2, 0) is 12.8 Å². The Kier molecular flexibility index (Phi) is 3.95. The minimum absolute atomic E-state index is 0.743. The standard InChI is InChI=1S/C18H21N/c1-2-7-15(8-3-1)9-6-12-19-14-17-13-16-10-4-5-11-18(16)17/h1-5,7-8,10-11,17,19H,6,9,12-14H2. The molecule has 1 heteroatoms. The van der Waals surface area contributed by atoms with Gasteiger partial charge in [0.2, 0.25) is 0 Å². The molecular weight excluding hydrogens is 230 g/mol. The van der Waals surface area contributed by atoms with Gasteiger partial charge >= 0.3 is 0 Å². The molecule has 0 spiro atoms. The van der Waals surface area contributed by atoms with Crippen molar-refractivity contribution in [3.05, 3.63) is 71.3 Å². The van der Waals surface area contributed by atoms with Crippen LogP contribution in [0.3, 0.4) is 0 Å². The molecule has 3 rings (SSSR count). The van der Waals surface area contributed by atoms with Crippen LogP contribution >= 0.6 is 0 Å². The smallest absolute Gasteiger partial charge is 0.00234 e. The van der Waals surface area contributed by atoms with Gasteiger partial charge in [0.1, 0.15) is 0 Å². The number of hydrogen-bond acceptors (Lipinski definition) is 1. The number of aryl methyl sites for hydroxylation is 1. The third kappa shape index (κ3) is 3.05. The molecule has 1 unspecified atom stereocenters. The normalized spacial score (nSPS) is 16.7. The largest absolute Gasteiger partial charge is 0.316 e. The zero-order valence-electron chi connectivity index (χ0n) is 11.3. The van der Waals surface area contributed by atoms with Crippen LogP contribution in [0.15, 0.2) is 54.6 Å². The lowest BCUT2D eigenvalue weighted by atomic mass is 9.77. The number of benzene rings is 2. The van der Waals surface area contributed by atoms with Gasteiger partial charge in [-0.05, 0) is 42.5 Å². The van der Waals surface area contributed by atoms with Crippen molar-refractivity contribution in [2.75, 3.05) is 13.1 Å². The summed E-state index contributed by atoms with van der Waals surface area (Å²) in [5.74, 6) is 0.743. The summed E-state index contributed by atoms with van der Waals surface area (Å²) in [6, 6.07) is 19.6. The Balaban J connectivity index is 1.35. The van der Waals surface area contributed by atoms with E-state index in [9.17, 15) is 0 Å². The number of nitrogens with one attached hydrogen (secondary N) is 1. The SMILES string of the molecule is c1ccc(CCCNCC2Cc3ccccc32)cc1. The molecule has 0 saturated heterocycles. The zero-order chi connectivity index (χ0) is 12.9. The van der Waals surface area contributed by atoms with Crippen LogP contribution in [0, 0.1) is 0 Å². The van der Waals surface area contributed by atoms with Crippen LogP contribution in [0.5, 0.6) is 0 Å². The summed E-state index contributed by atoms with van der Waals surface area (Å²) < 4.78 is 0. The van der Waals surface area contributed by atoms with Crippen molar-refractivity contribution in [2.45, 2.75) is 25.2 Å². The van der Waals surface area contributed by atoms with Gasteiger partial charge in [0, 0.05) is 12.5 Å². The van der Waals surface area contributed by atoms with E-state index < -0.39 is 0 Å². The molecule has 0 radical (unpaired) electrons. The van der Waals surface area contributed by atoms with Gasteiger partial charge in [0.25, 0.3) is 0 Å². The van der Waals surface area contributed by atoms with Gasteiger partial charge in [-0.2, -0.15) is 0 Å². The summed E-state index contributed by atoms with van der Waals surface area (Å²) >= 11 is 0. The van der Waals surface area contributed by atoms with Gasteiger partial charge in [-0.1, -0.05) is 54.6 Å². The quantitative estimate of drug-likeness (QED) is 0.774. The molecule has 19 heavy (non-hydrogen) atoms. The van der Waals surface area contributed by atoms with Gasteiger partial charge in [-0.25, -0.2) is 0 Å². The monoisotopic (exact) mass is 251 g/mol. The van der Waals surface area contributed by atoms with E-state index in [0.717, 1.165) is 19.0 Å². The molecule has 0 aliphatic heterocycles. The zero-order valence-corrected chi connectivity index (χ0v) is 11.3. The molecule has 0 bridgehead atoms. The maximum Gasteiger partial charge on any atom is 0.00234 e. The first kappa shape index (κ1) is 12.4. The molecule has 1 nitrogen and oxygen atoms in total. The fourth-order valence-corrected chi connectivity index (χ4v) is 2.88. The highest BCUT2D eigenvalue weighted by Crippen LogP contribution is 2.33. The van der Waals surface area contributed by atoms with Crippen LogP contribution in [0.1, 0.15) is 29.0 Å². The van der Waals surface area contributed by atoms with E-state index in [1.54, 1.807) is 11.1 Å².